The van der Waals surface area contributed by atoms with Crippen molar-refractivity contribution in [2.75, 3.05) is 13.2 Å². The lowest BCUT2D eigenvalue weighted by molar-refractivity contribution is -0.167. The summed E-state index contributed by atoms with van der Waals surface area (Å²) in [5, 5.41) is 0. The molecule has 0 unspecified atom stereocenters. The molecule has 0 N–H and O–H groups in total. The van der Waals surface area contributed by atoms with Gasteiger partial charge in [-0.1, -0.05) is 304 Å². The molecule has 0 aromatic rings. The summed E-state index contributed by atoms with van der Waals surface area (Å²) in [5.41, 5.74) is 0. The van der Waals surface area contributed by atoms with Gasteiger partial charge in [-0.2, -0.15) is 0 Å². The fraction of sp³-hybridized carbons (Fsp3) is 0.950. The van der Waals surface area contributed by atoms with Crippen molar-refractivity contribution in [3.63, 3.8) is 0 Å². The van der Waals surface area contributed by atoms with E-state index in [1.54, 1.807) is 0 Å². The van der Waals surface area contributed by atoms with Gasteiger partial charge in [-0.3, -0.25) is 14.4 Å². The fourth-order valence-electron chi connectivity index (χ4n) is 9.28. The Bertz CT molecular complexity index is 996. The van der Waals surface area contributed by atoms with E-state index in [2.05, 4.69) is 27.7 Å². The fourth-order valence-corrected chi connectivity index (χ4v) is 9.28. The summed E-state index contributed by atoms with van der Waals surface area (Å²) < 4.78 is 16.9. The van der Waals surface area contributed by atoms with E-state index in [9.17, 15) is 14.4 Å². The van der Waals surface area contributed by atoms with Gasteiger partial charge in [-0.25, -0.2) is 0 Å². The van der Waals surface area contributed by atoms with Crippen molar-refractivity contribution in [3.05, 3.63) is 0 Å². The third-order valence-corrected chi connectivity index (χ3v) is 13.8. The first-order valence-electron chi connectivity index (χ1n) is 29.9. The molecule has 0 saturated carbocycles. The van der Waals surface area contributed by atoms with Gasteiger partial charge < -0.3 is 14.2 Å². The van der Waals surface area contributed by atoms with Crippen molar-refractivity contribution in [1.29, 1.82) is 0 Å². The van der Waals surface area contributed by atoms with E-state index < -0.39 is 6.10 Å². The van der Waals surface area contributed by atoms with E-state index in [1.165, 1.54) is 238 Å². The van der Waals surface area contributed by atoms with Gasteiger partial charge in [0.05, 0.1) is 0 Å². The second-order valence-corrected chi connectivity index (χ2v) is 21.1. The van der Waals surface area contributed by atoms with Crippen LogP contribution in [-0.2, 0) is 28.6 Å². The Morgan fingerprint density at radius 3 is 0.742 bits per heavy atom. The number of esters is 3. The van der Waals surface area contributed by atoms with Gasteiger partial charge in [0.2, 0.25) is 0 Å². The summed E-state index contributed by atoms with van der Waals surface area (Å²) in [7, 11) is 0. The maximum atomic E-state index is 12.8. The molecule has 66 heavy (non-hydrogen) atoms. The highest BCUT2D eigenvalue weighted by molar-refractivity contribution is 5.71. The summed E-state index contributed by atoms with van der Waals surface area (Å²) in [6.45, 7) is 9.08. The quantitative estimate of drug-likeness (QED) is 0.0343. The molecule has 0 aliphatic heterocycles. The van der Waals surface area contributed by atoms with Crippen molar-refractivity contribution in [2.45, 2.75) is 348 Å². The Kier molecular flexibility index (Phi) is 53.0. The van der Waals surface area contributed by atoms with Gasteiger partial charge in [0.1, 0.15) is 13.2 Å². The number of ether oxygens (including phenoxy) is 3. The van der Waals surface area contributed by atoms with Gasteiger partial charge in [0.25, 0.3) is 0 Å². The zero-order chi connectivity index (χ0) is 48.1. The number of carbonyl (C=O) groups is 3. The molecule has 0 aromatic carbocycles. The SMILES string of the molecule is CCCCCCCCCCCCCCCCCC(=O)OC[C@@H](COC(=O)CCCCCCCCCCCCCCCCCCC(C)C)OC(=O)CCCCCCCCCCCCCCCC. The Hall–Kier alpha value is -1.59. The lowest BCUT2D eigenvalue weighted by atomic mass is 10.0. The van der Waals surface area contributed by atoms with Crippen molar-refractivity contribution in [3.8, 4) is 0 Å². The van der Waals surface area contributed by atoms with Gasteiger partial charge >= 0.3 is 17.9 Å². The number of hydrogen-bond acceptors (Lipinski definition) is 6. The van der Waals surface area contributed by atoms with Crippen LogP contribution in [0.3, 0.4) is 0 Å². The molecule has 0 aromatic heterocycles. The van der Waals surface area contributed by atoms with Crippen LogP contribution in [0.4, 0.5) is 0 Å². The maximum absolute atomic E-state index is 12.8. The zero-order valence-electron chi connectivity index (χ0n) is 45.2. The van der Waals surface area contributed by atoms with Crippen molar-refractivity contribution in [1.82, 2.24) is 0 Å². The first-order chi connectivity index (χ1) is 32.4. The zero-order valence-corrected chi connectivity index (χ0v) is 45.2. The molecule has 0 saturated heterocycles. The van der Waals surface area contributed by atoms with Crippen LogP contribution in [0, 0.1) is 5.92 Å². The minimum absolute atomic E-state index is 0.0615. The molecule has 6 heteroatoms. The van der Waals surface area contributed by atoms with E-state index in [1.807, 2.05) is 0 Å². The van der Waals surface area contributed by atoms with E-state index in [4.69, 9.17) is 14.2 Å². The predicted octanol–water partition coefficient (Wildman–Crippen LogP) is 19.8. The summed E-state index contributed by atoms with van der Waals surface area (Å²) >= 11 is 0. The first-order valence-corrected chi connectivity index (χ1v) is 29.9. The van der Waals surface area contributed by atoms with Gasteiger partial charge in [-0.15, -0.1) is 0 Å². The second kappa shape index (κ2) is 54.4. The van der Waals surface area contributed by atoms with Gasteiger partial charge in [0.15, 0.2) is 6.10 Å². The number of rotatable bonds is 55. The average molecular weight is 934 g/mol. The highest BCUT2D eigenvalue weighted by Gasteiger charge is 2.19. The molecule has 0 bridgehead atoms. The summed E-state index contributed by atoms with van der Waals surface area (Å²) in [6.07, 6.45) is 59.5. The largest absolute Gasteiger partial charge is 0.462 e. The van der Waals surface area contributed by atoms with Crippen molar-refractivity contribution in [2.24, 2.45) is 5.92 Å². The molecule has 0 spiro atoms. The minimum atomic E-state index is -0.762. The molecule has 0 radical (unpaired) electrons. The number of carbonyl (C=O) groups excluding carboxylic acids is 3. The van der Waals surface area contributed by atoms with E-state index in [-0.39, 0.29) is 31.1 Å². The molecule has 392 valence electrons. The first kappa shape index (κ1) is 64.4. The minimum Gasteiger partial charge on any atom is -0.462 e. The average Bonchev–Trinajstić information content (AvgIpc) is 3.30. The molecular weight excluding hydrogens is 817 g/mol. The van der Waals surface area contributed by atoms with E-state index in [0.29, 0.717) is 19.3 Å². The molecule has 0 aliphatic rings. The summed E-state index contributed by atoms with van der Waals surface area (Å²) in [4.78, 5) is 38.2. The highest BCUT2D eigenvalue weighted by atomic mass is 16.6. The summed E-state index contributed by atoms with van der Waals surface area (Å²) in [6, 6.07) is 0. The van der Waals surface area contributed by atoms with Crippen LogP contribution in [0.15, 0.2) is 0 Å². The monoisotopic (exact) mass is 933 g/mol. The van der Waals surface area contributed by atoms with Crippen LogP contribution >= 0.6 is 0 Å². The molecule has 0 fully saturated rings. The Morgan fingerprint density at radius 2 is 0.500 bits per heavy atom. The molecule has 0 amide bonds. The molecular formula is C60H116O6. The van der Waals surface area contributed by atoms with Crippen molar-refractivity contribution < 1.29 is 28.6 Å². The Morgan fingerprint density at radius 1 is 0.288 bits per heavy atom. The van der Waals surface area contributed by atoms with E-state index in [0.717, 1.165) is 63.7 Å². The predicted molar refractivity (Wildman–Crippen MR) is 284 cm³/mol. The van der Waals surface area contributed by atoms with Crippen LogP contribution in [0.1, 0.15) is 342 Å². The molecule has 6 nitrogen and oxygen atoms in total. The summed E-state index contributed by atoms with van der Waals surface area (Å²) in [5.74, 6) is 0.0209. The van der Waals surface area contributed by atoms with Gasteiger partial charge in [0, 0.05) is 19.3 Å². The third kappa shape index (κ3) is 53.4. The Labute approximate surface area is 412 Å². The number of unbranched alkanes of at least 4 members (excludes halogenated alkanes) is 42. The third-order valence-electron chi connectivity index (χ3n) is 13.8. The topological polar surface area (TPSA) is 78.9 Å². The smallest absolute Gasteiger partial charge is 0.306 e. The van der Waals surface area contributed by atoms with Crippen LogP contribution in [-0.4, -0.2) is 37.2 Å². The van der Waals surface area contributed by atoms with Crippen LogP contribution in [0.2, 0.25) is 0 Å². The molecule has 1 atom stereocenters. The highest BCUT2D eigenvalue weighted by Crippen LogP contribution is 2.18. The van der Waals surface area contributed by atoms with Crippen LogP contribution in [0.25, 0.3) is 0 Å². The van der Waals surface area contributed by atoms with Crippen LogP contribution < -0.4 is 0 Å². The normalized spacial score (nSPS) is 12.0. The lowest BCUT2D eigenvalue weighted by Gasteiger charge is -2.18. The molecule has 0 heterocycles. The van der Waals surface area contributed by atoms with Crippen molar-refractivity contribution >= 4 is 17.9 Å². The molecule has 0 aliphatic carbocycles. The van der Waals surface area contributed by atoms with Gasteiger partial charge in [-0.05, 0) is 25.2 Å². The molecule has 0 rings (SSSR count). The maximum Gasteiger partial charge on any atom is 0.306 e. The standard InChI is InChI=1S/C60H116O6/c1-5-7-9-11-13-15-17-19-23-28-31-35-39-43-47-51-58(61)64-54-57(66-60(63)53-49-45-41-37-33-27-20-18-16-14-12-10-8-6-2)55-65-59(62)52-48-44-40-36-32-29-25-22-21-24-26-30-34-38-42-46-50-56(3)4/h56-57H,5-55H2,1-4H3/t57-/m0/s1. The lowest BCUT2D eigenvalue weighted by Crippen LogP contribution is -2.30. The second-order valence-electron chi connectivity index (χ2n) is 21.1. The van der Waals surface area contributed by atoms with Crippen LogP contribution in [0.5, 0.6) is 0 Å². The Balaban J connectivity index is 4.27. The number of hydrogen-bond donors (Lipinski definition) is 0. The van der Waals surface area contributed by atoms with E-state index >= 15 is 0 Å².